The average Bonchev–Trinajstić information content (AvgIpc) is 2.38. The van der Waals surface area contributed by atoms with Crippen LogP contribution in [0.15, 0.2) is 53.7 Å². The summed E-state index contributed by atoms with van der Waals surface area (Å²) in [5.41, 5.74) is 1.06. The lowest BCUT2D eigenvalue weighted by atomic mass is 10.2. The number of hydrogen-bond donors (Lipinski definition) is 0. The lowest BCUT2D eigenvalue weighted by Gasteiger charge is -2.02. The van der Waals surface area contributed by atoms with E-state index in [1.807, 2.05) is 12.1 Å². The maximum atomic E-state index is 12.7. The van der Waals surface area contributed by atoms with Crippen LogP contribution in [-0.2, 0) is 17.2 Å². The third-order valence-electron chi connectivity index (χ3n) is 2.38. The van der Waals surface area contributed by atoms with Crippen LogP contribution in [0.2, 0.25) is 0 Å². The van der Waals surface area contributed by atoms with Crippen LogP contribution in [0.25, 0.3) is 0 Å². The molecule has 1 atom stereocenters. The molecule has 88 valence electrons. The van der Waals surface area contributed by atoms with Crippen molar-refractivity contribution in [2.24, 2.45) is 0 Å². The summed E-state index contributed by atoms with van der Waals surface area (Å²) in [7, 11) is -1.09. The Kier molecular flexibility index (Phi) is 3.98. The van der Waals surface area contributed by atoms with Gasteiger partial charge in [0.15, 0.2) is 0 Å². The molecule has 0 saturated heterocycles. The van der Waals surface area contributed by atoms with Crippen LogP contribution in [0.1, 0.15) is 5.56 Å². The smallest absolute Gasteiger partial charge is 0.123 e. The zero-order valence-electron chi connectivity index (χ0n) is 9.17. The molecule has 0 fully saturated rings. The Morgan fingerprint density at radius 2 is 1.94 bits per heavy atom. The molecule has 0 radical (unpaired) electrons. The van der Waals surface area contributed by atoms with Gasteiger partial charge < -0.3 is 0 Å². The number of nitrogens with zero attached hydrogens (tertiary/aromatic N) is 1. The van der Waals surface area contributed by atoms with E-state index in [1.54, 1.807) is 24.5 Å². The lowest BCUT2D eigenvalue weighted by molar-refractivity contribution is 0.626. The molecule has 0 bridgehead atoms. The number of rotatable bonds is 4. The van der Waals surface area contributed by atoms with Gasteiger partial charge in [0.1, 0.15) is 5.82 Å². The summed E-state index contributed by atoms with van der Waals surface area (Å²) in [6, 6.07) is 9.60. The largest absolute Gasteiger partial charge is 0.264 e. The van der Waals surface area contributed by atoms with E-state index in [9.17, 15) is 8.60 Å². The molecule has 0 saturated carbocycles. The first-order valence-corrected chi connectivity index (χ1v) is 6.60. The van der Waals surface area contributed by atoms with Gasteiger partial charge in [-0.25, -0.2) is 4.39 Å². The monoisotopic (exact) mass is 249 g/mol. The summed E-state index contributed by atoms with van der Waals surface area (Å²) in [6.45, 7) is 0. The lowest BCUT2D eigenvalue weighted by Crippen LogP contribution is -2.01. The second-order valence-corrected chi connectivity index (χ2v) is 5.19. The molecular formula is C13H12FNOS. The highest BCUT2D eigenvalue weighted by molar-refractivity contribution is 7.85. The van der Waals surface area contributed by atoms with E-state index in [1.165, 1.54) is 12.1 Å². The topological polar surface area (TPSA) is 30.0 Å². The minimum Gasteiger partial charge on any atom is -0.264 e. The van der Waals surface area contributed by atoms with E-state index >= 15 is 0 Å². The molecule has 0 spiro atoms. The van der Waals surface area contributed by atoms with E-state index in [0.29, 0.717) is 17.1 Å². The molecule has 0 aliphatic heterocycles. The number of aromatic nitrogens is 1. The van der Waals surface area contributed by atoms with Gasteiger partial charge in [0.2, 0.25) is 0 Å². The minimum absolute atomic E-state index is 0.307. The van der Waals surface area contributed by atoms with Crippen LogP contribution in [0.5, 0.6) is 0 Å². The number of pyridine rings is 1. The predicted molar refractivity (Wildman–Crippen MR) is 65.6 cm³/mol. The Labute approximate surface area is 102 Å². The van der Waals surface area contributed by atoms with Gasteiger partial charge in [-0.05, 0) is 42.3 Å². The van der Waals surface area contributed by atoms with E-state index in [4.69, 9.17) is 0 Å². The maximum Gasteiger partial charge on any atom is 0.123 e. The number of benzene rings is 1. The molecule has 2 aromatic rings. The van der Waals surface area contributed by atoms with Crippen LogP contribution in [0.3, 0.4) is 0 Å². The van der Waals surface area contributed by atoms with Crippen LogP contribution < -0.4 is 0 Å². The molecule has 0 aliphatic carbocycles. The van der Waals surface area contributed by atoms with Crippen LogP contribution in [0, 0.1) is 5.82 Å². The average molecular weight is 249 g/mol. The summed E-state index contributed by atoms with van der Waals surface area (Å²) in [5.74, 6) is 0.218. The summed E-state index contributed by atoms with van der Waals surface area (Å²) < 4.78 is 24.6. The molecule has 1 aromatic heterocycles. The van der Waals surface area contributed by atoms with Gasteiger partial charge in [-0.1, -0.05) is 6.07 Å². The molecule has 1 heterocycles. The highest BCUT2D eigenvalue weighted by Gasteiger charge is 2.04. The first kappa shape index (κ1) is 11.9. The highest BCUT2D eigenvalue weighted by Crippen LogP contribution is 2.09. The van der Waals surface area contributed by atoms with Crippen molar-refractivity contribution in [2.45, 2.75) is 11.3 Å². The minimum atomic E-state index is -1.09. The molecule has 1 unspecified atom stereocenters. The van der Waals surface area contributed by atoms with Crippen molar-refractivity contribution in [3.05, 3.63) is 60.2 Å². The number of halogens is 1. The molecule has 17 heavy (non-hydrogen) atoms. The molecule has 2 rings (SSSR count). The van der Waals surface area contributed by atoms with E-state index in [-0.39, 0.29) is 5.82 Å². The SMILES string of the molecule is O=S(CCc1cccnc1)c1ccc(F)cc1. The van der Waals surface area contributed by atoms with Gasteiger partial charge in [-0.15, -0.1) is 0 Å². The standard InChI is InChI=1S/C13H12FNOS/c14-12-3-5-13(6-4-12)17(16)9-7-11-2-1-8-15-10-11/h1-6,8,10H,7,9H2. The maximum absolute atomic E-state index is 12.7. The van der Waals surface area contributed by atoms with Gasteiger partial charge in [0.25, 0.3) is 0 Å². The van der Waals surface area contributed by atoms with Crippen molar-refractivity contribution in [1.82, 2.24) is 4.98 Å². The van der Waals surface area contributed by atoms with E-state index < -0.39 is 10.8 Å². The summed E-state index contributed by atoms with van der Waals surface area (Å²) in [4.78, 5) is 4.66. The molecule has 4 heteroatoms. The van der Waals surface area contributed by atoms with Gasteiger partial charge in [0.05, 0.1) is 10.8 Å². The van der Waals surface area contributed by atoms with Gasteiger partial charge in [0, 0.05) is 23.0 Å². The summed E-state index contributed by atoms with van der Waals surface area (Å²) in [6.07, 6.45) is 4.18. The Hall–Kier alpha value is -1.55. The first-order valence-electron chi connectivity index (χ1n) is 5.28. The molecule has 0 aliphatic rings. The molecule has 1 aromatic carbocycles. The first-order chi connectivity index (χ1) is 8.25. The Bertz CT molecular complexity index is 499. The molecular weight excluding hydrogens is 237 g/mol. The molecule has 0 N–H and O–H groups in total. The Balaban J connectivity index is 1.96. The van der Waals surface area contributed by atoms with Crippen molar-refractivity contribution >= 4 is 10.8 Å². The van der Waals surface area contributed by atoms with Crippen molar-refractivity contribution in [1.29, 1.82) is 0 Å². The zero-order valence-corrected chi connectivity index (χ0v) is 9.99. The van der Waals surface area contributed by atoms with E-state index in [2.05, 4.69) is 4.98 Å². The highest BCUT2D eigenvalue weighted by atomic mass is 32.2. The van der Waals surface area contributed by atoms with Crippen LogP contribution in [0.4, 0.5) is 4.39 Å². The second kappa shape index (κ2) is 5.68. The van der Waals surface area contributed by atoms with Crippen molar-refractivity contribution < 1.29 is 8.60 Å². The predicted octanol–water partition coefficient (Wildman–Crippen LogP) is 2.57. The third kappa shape index (κ3) is 3.46. The van der Waals surface area contributed by atoms with Crippen LogP contribution >= 0.6 is 0 Å². The zero-order chi connectivity index (χ0) is 12.1. The number of aryl methyl sites for hydroxylation is 1. The van der Waals surface area contributed by atoms with Crippen LogP contribution in [-0.4, -0.2) is 14.9 Å². The molecule has 2 nitrogen and oxygen atoms in total. The quantitative estimate of drug-likeness (QED) is 0.833. The molecule has 0 amide bonds. The summed E-state index contributed by atoms with van der Waals surface area (Å²) >= 11 is 0. The van der Waals surface area contributed by atoms with Gasteiger partial charge in [-0.2, -0.15) is 0 Å². The van der Waals surface area contributed by atoms with Crippen molar-refractivity contribution in [3.63, 3.8) is 0 Å². The van der Waals surface area contributed by atoms with Crippen molar-refractivity contribution in [2.75, 3.05) is 5.75 Å². The Morgan fingerprint density at radius 3 is 2.59 bits per heavy atom. The fraction of sp³-hybridized carbons (Fsp3) is 0.154. The third-order valence-corrected chi connectivity index (χ3v) is 3.75. The van der Waals surface area contributed by atoms with Gasteiger partial charge >= 0.3 is 0 Å². The Morgan fingerprint density at radius 1 is 1.18 bits per heavy atom. The number of hydrogen-bond acceptors (Lipinski definition) is 2. The fourth-order valence-corrected chi connectivity index (χ4v) is 2.56. The normalized spacial score (nSPS) is 12.3. The second-order valence-electron chi connectivity index (χ2n) is 3.61. The summed E-state index contributed by atoms with van der Waals surface area (Å²) in [5, 5.41) is 0. The van der Waals surface area contributed by atoms with Crippen molar-refractivity contribution in [3.8, 4) is 0 Å². The van der Waals surface area contributed by atoms with Gasteiger partial charge in [-0.3, -0.25) is 9.19 Å². The van der Waals surface area contributed by atoms with E-state index in [0.717, 1.165) is 5.56 Å². The fourth-order valence-electron chi connectivity index (χ4n) is 1.46.